The second-order valence-electron chi connectivity index (χ2n) is 5.37. The largest absolute Gasteiger partial charge is 0.484 e. The third-order valence-corrected chi connectivity index (χ3v) is 3.87. The van der Waals surface area contributed by atoms with Gasteiger partial charge in [-0.05, 0) is 37.1 Å². The van der Waals surface area contributed by atoms with Gasteiger partial charge >= 0.3 is 12.1 Å². The number of halogens is 4. The van der Waals surface area contributed by atoms with Crippen LogP contribution in [-0.2, 0) is 9.59 Å². The molecule has 1 fully saturated rings. The molecule has 24 heavy (non-hydrogen) atoms. The highest BCUT2D eigenvalue weighted by Crippen LogP contribution is 2.18. The van der Waals surface area contributed by atoms with Gasteiger partial charge in [0, 0.05) is 24.2 Å². The number of carbonyl (C=O) groups is 2. The number of hydrogen-bond acceptors (Lipinski definition) is 3. The summed E-state index contributed by atoms with van der Waals surface area (Å²) in [4.78, 5) is 24.4. The fraction of sp³-hybridized carbons (Fsp3) is 0.467. The lowest BCUT2D eigenvalue weighted by Crippen LogP contribution is -2.50. The molecule has 0 aliphatic carbocycles. The lowest BCUT2D eigenvalue weighted by atomic mass is 10.0. The molecular weight excluding hydrogens is 349 g/mol. The van der Waals surface area contributed by atoms with Crippen molar-refractivity contribution >= 4 is 23.4 Å². The third-order valence-electron chi connectivity index (χ3n) is 3.62. The molecule has 0 atom stereocenters. The van der Waals surface area contributed by atoms with Gasteiger partial charge < -0.3 is 15.0 Å². The van der Waals surface area contributed by atoms with Gasteiger partial charge in [-0.1, -0.05) is 11.6 Å². The second kappa shape index (κ2) is 7.74. The Morgan fingerprint density at radius 2 is 1.79 bits per heavy atom. The number of nitrogens with one attached hydrogen (secondary N) is 1. The average molecular weight is 365 g/mol. The number of ether oxygens (including phenoxy) is 1. The van der Waals surface area contributed by atoms with Crippen molar-refractivity contribution < 1.29 is 27.5 Å². The van der Waals surface area contributed by atoms with Crippen LogP contribution in [0.5, 0.6) is 5.75 Å². The molecule has 1 aromatic carbocycles. The minimum absolute atomic E-state index is 0.165. The minimum atomic E-state index is -4.89. The molecule has 0 aromatic heterocycles. The Morgan fingerprint density at radius 3 is 2.33 bits per heavy atom. The van der Waals surface area contributed by atoms with E-state index >= 15 is 0 Å². The van der Waals surface area contributed by atoms with Crippen LogP contribution in [0.2, 0.25) is 5.02 Å². The quantitative estimate of drug-likeness (QED) is 0.892. The molecule has 5 nitrogen and oxygen atoms in total. The van der Waals surface area contributed by atoms with Crippen LogP contribution in [0.25, 0.3) is 0 Å². The summed E-state index contributed by atoms with van der Waals surface area (Å²) >= 11 is 5.74. The third kappa shape index (κ3) is 5.30. The van der Waals surface area contributed by atoms with Crippen molar-refractivity contribution in [3.05, 3.63) is 29.3 Å². The highest BCUT2D eigenvalue weighted by atomic mass is 35.5. The van der Waals surface area contributed by atoms with Gasteiger partial charge in [0.15, 0.2) is 6.61 Å². The molecule has 1 saturated heterocycles. The molecule has 0 unspecified atom stereocenters. The number of hydrogen-bond donors (Lipinski definition) is 1. The molecule has 2 amide bonds. The summed E-state index contributed by atoms with van der Waals surface area (Å²) in [6.07, 6.45) is -4.34. The number of piperidine rings is 1. The molecule has 9 heteroatoms. The molecule has 0 radical (unpaired) electrons. The molecule has 1 aliphatic heterocycles. The molecular formula is C15H16ClF3N2O3. The second-order valence-corrected chi connectivity index (χ2v) is 5.81. The summed E-state index contributed by atoms with van der Waals surface area (Å²) in [6, 6.07) is 5.95. The van der Waals surface area contributed by atoms with Crippen molar-refractivity contribution in [2.45, 2.75) is 25.1 Å². The average Bonchev–Trinajstić information content (AvgIpc) is 2.54. The van der Waals surface area contributed by atoms with Crippen molar-refractivity contribution in [2.24, 2.45) is 0 Å². The number of likely N-dealkylation sites (tertiary alicyclic amines) is 1. The normalized spacial score (nSPS) is 15.9. The van der Waals surface area contributed by atoms with E-state index < -0.39 is 18.1 Å². The highest BCUT2D eigenvalue weighted by Gasteiger charge is 2.40. The molecule has 0 saturated carbocycles. The highest BCUT2D eigenvalue weighted by molar-refractivity contribution is 6.30. The predicted molar refractivity (Wildman–Crippen MR) is 80.7 cm³/mol. The van der Waals surface area contributed by atoms with Crippen molar-refractivity contribution in [3.63, 3.8) is 0 Å². The van der Waals surface area contributed by atoms with Gasteiger partial charge in [-0.3, -0.25) is 9.59 Å². The van der Waals surface area contributed by atoms with Crippen LogP contribution < -0.4 is 10.1 Å². The van der Waals surface area contributed by atoms with Crippen LogP contribution in [0, 0.1) is 0 Å². The molecule has 2 rings (SSSR count). The number of alkyl halides is 3. The van der Waals surface area contributed by atoms with Crippen LogP contribution in [-0.4, -0.2) is 48.6 Å². The Balaban J connectivity index is 1.74. The van der Waals surface area contributed by atoms with Gasteiger partial charge in [-0.2, -0.15) is 13.2 Å². The number of benzene rings is 1. The fourth-order valence-corrected chi connectivity index (χ4v) is 2.43. The molecule has 0 spiro atoms. The van der Waals surface area contributed by atoms with Gasteiger partial charge in [0.1, 0.15) is 5.75 Å². The Bertz CT molecular complexity index is 585. The van der Waals surface area contributed by atoms with Crippen molar-refractivity contribution in [2.75, 3.05) is 19.7 Å². The van der Waals surface area contributed by atoms with Gasteiger partial charge in [0.25, 0.3) is 5.91 Å². The first-order valence-electron chi connectivity index (χ1n) is 7.29. The number of amides is 2. The first-order chi connectivity index (χ1) is 11.3. The fourth-order valence-electron chi connectivity index (χ4n) is 2.31. The van der Waals surface area contributed by atoms with E-state index in [1.54, 1.807) is 24.3 Å². The van der Waals surface area contributed by atoms with E-state index in [4.69, 9.17) is 16.3 Å². The van der Waals surface area contributed by atoms with E-state index in [1.165, 1.54) is 4.90 Å². The summed E-state index contributed by atoms with van der Waals surface area (Å²) in [5.74, 6) is -1.70. The van der Waals surface area contributed by atoms with Crippen LogP contribution in [0.1, 0.15) is 12.8 Å². The number of carbonyl (C=O) groups excluding carboxylic acids is 2. The lowest BCUT2D eigenvalue weighted by molar-refractivity contribution is -0.174. The van der Waals surface area contributed by atoms with Crippen LogP contribution in [0.3, 0.4) is 0 Å². The summed E-state index contributed by atoms with van der Waals surface area (Å²) in [5.41, 5.74) is 0. The predicted octanol–water partition coefficient (Wildman–Crippen LogP) is 2.39. The molecule has 1 heterocycles. The SMILES string of the molecule is O=C(COc1ccc(Cl)cc1)N1CCC(NC(=O)C(F)(F)F)CC1. The smallest absolute Gasteiger partial charge is 0.471 e. The van der Waals surface area contributed by atoms with Gasteiger partial charge in [0.2, 0.25) is 0 Å². The van der Waals surface area contributed by atoms with Crippen molar-refractivity contribution in [1.29, 1.82) is 0 Å². The molecule has 1 aliphatic rings. The Labute approximate surface area is 141 Å². The molecule has 1 aromatic rings. The van der Waals surface area contributed by atoms with Gasteiger partial charge in [-0.25, -0.2) is 0 Å². The maximum absolute atomic E-state index is 12.2. The standard InChI is InChI=1S/C15H16ClF3N2O3/c16-10-1-3-12(4-2-10)24-9-13(22)21-7-5-11(6-8-21)20-14(23)15(17,18)19/h1-4,11H,5-9H2,(H,20,23). The van der Waals surface area contributed by atoms with E-state index in [-0.39, 0.29) is 38.4 Å². The molecule has 0 bridgehead atoms. The van der Waals surface area contributed by atoms with Crippen LogP contribution in [0.4, 0.5) is 13.2 Å². The summed E-state index contributed by atoms with van der Waals surface area (Å²) < 4.78 is 41.9. The van der Waals surface area contributed by atoms with E-state index in [9.17, 15) is 22.8 Å². The Morgan fingerprint density at radius 1 is 1.21 bits per heavy atom. The summed E-state index contributed by atoms with van der Waals surface area (Å²) in [7, 11) is 0. The van der Waals surface area contributed by atoms with Crippen molar-refractivity contribution in [3.8, 4) is 5.75 Å². The zero-order valence-electron chi connectivity index (χ0n) is 12.6. The maximum atomic E-state index is 12.2. The lowest BCUT2D eigenvalue weighted by Gasteiger charge is -2.32. The van der Waals surface area contributed by atoms with Gasteiger partial charge in [0.05, 0.1) is 0 Å². The summed E-state index contributed by atoms with van der Waals surface area (Å²) in [6.45, 7) is 0.373. The first-order valence-corrected chi connectivity index (χ1v) is 7.67. The van der Waals surface area contributed by atoms with E-state index in [0.29, 0.717) is 10.8 Å². The topological polar surface area (TPSA) is 58.6 Å². The molecule has 132 valence electrons. The van der Waals surface area contributed by atoms with E-state index in [2.05, 4.69) is 0 Å². The number of nitrogens with zero attached hydrogens (tertiary/aromatic N) is 1. The minimum Gasteiger partial charge on any atom is -0.484 e. The maximum Gasteiger partial charge on any atom is 0.471 e. The van der Waals surface area contributed by atoms with Crippen molar-refractivity contribution in [1.82, 2.24) is 10.2 Å². The number of rotatable bonds is 4. The first kappa shape index (κ1) is 18.4. The van der Waals surface area contributed by atoms with Crippen LogP contribution in [0.15, 0.2) is 24.3 Å². The van der Waals surface area contributed by atoms with Gasteiger partial charge in [-0.15, -0.1) is 0 Å². The van der Waals surface area contributed by atoms with E-state index in [0.717, 1.165) is 0 Å². The Kier molecular flexibility index (Phi) is 5.93. The van der Waals surface area contributed by atoms with Crippen LogP contribution >= 0.6 is 11.6 Å². The monoisotopic (exact) mass is 364 g/mol. The van der Waals surface area contributed by atoms with E-state index in [1.807, 2.05) is 5.32 Å². The zero-order valence-corrected chi connectivity index (χ0v) is 13.4. The molecule has 1 N–H and O–H groups in total. The Hall–Kier alpha value is -1.96. The zero-order chi connectivity index (χ0) is 17.7. The summed E-state index contributed by atoms with van der Waals surface area (Å²) in [5, 5.41) is 2.49.